The molecule has 0 rings (SSSR count). The molecule has 0 heterocycles. The zero-order chi connectivity index (χ0) is 9.78. The van der Waals surface area contributed by atoms with E-state index in [1.807, 2.05) is 0 Å². The summed E-state index contributed by atoms with van der Waals surface area (Å²) < 4.78 is 0. The van der Waals surface area contributed by atoms with Crippen molar-refractivity contribution < 1.29 is 4.79 Å². The first-order valence-electron chi connectivity index (χ1n) is 5.50. The SMILES string of the molecule is CCCCCCCC=CCCC=O. The summed E-state index contributed by atoms with van der Waals surface area (Å²) in [5.41, 5.74) is 0. The third-order valence-corrected chi connectivity index (χ3v) is 2.09. The molecule has 0 aliphatic heterocycles. The van der Waals surface area contributed by atoms with Crippen LogP contribution in [-0.4, -0.2) is 6.29 Å². The molecule has 0 N–H and O–H groups in total. The van der Waals surface area contributed by atoms with Crippen molar-refractivity contribution in [1.82, 2.24) is 0 Å². The van der Waals surface area contributed by atoms with Gasteiger partial charge in [0.1, 0.15) is 6.29 Å². The van der Waals surface area contributed by atoms with E-state index in [-0.39, 0.29) is 0 Å². The number of unbranched alkanes of at least 4 members (excludes halogenated alkanes) is 6. The Balaban J connectivity index is 2.97. The molecular formula is C12H22O. The van der Waals surface area contributed by atoms with Crippen molar-refractivity contribution in [3.8, 4) is 0 Å². The molecule has 0 spiro atoms. The Morgan fingerprint density at radius 3 is 2.23 bits per heavy atom. The Kier molecular flexibility index (Phi) is 10.9. The third kappa shape index (κ3) is 11.4. The first-order chi connectivity index (χ1) is 6.41. The average Bonchev–Trinajstić information content (AvgIpc) is 2.16. The molecule has 0 radical (unpaired) electrons. The van der Waals surface area contributed by atoms with E-state index in [0.29, 0.717) is 6.42 Å². The Morgan fingerprint density at radius 2 is 1.54 bits per heavy atom. The fourth-order valence-corrected chi connectivity index (χ4v) is 1.27. The Morgan fingerprint density at radius 1 is 0.846 bits per heavy atom. The molecule has 0 aliphatic carbocycles. The van der Waals surface area contributed by atoms with Gasteiger partial charge in [-0.2, -0.15) is 0 Å². The van der Waals surface area contributed by atoms with Crippen LogP contribution < -0.4 is 0 Å². The van der Waals surface area contributed by atoms with Crippen LogP contribution in [0.15, 0.2) is 12.2 Å². The number of carbonyl (C=O) groups excluding carboxylic acids is 1. The van der Waals surface area contributed by atoms with Crippen LogP contribution in [0.4, 0.5) is 0 Å². The van der Waals surface area contributed by atoms with Crippen molar-refractivity contribution in [3.05, 3.63) is 12.2 Å². The van der Waals surface area contributed by atoms with Gasteiger partial charge in [0.15, 0.2) is 0 Å². The van der Waals surface area contributed by atoms with Gasteiger partial charge >= 0.3 is 0 Å². The Hall–Kier alpha value is -0.590. The fraction of sp³-hybridized carbons (Fsp3) is 0.750. The van der Waals surface area contributed by atoms with Crippen molar-refractivity contribution in [2.24, 2.45) is 0 Å². The monoisotopic (exact) mass is 182 g/mol. The lowest BCUT2D eigenvalue weighted by molar-refractivity contribution is -0.107. The maximum absolute atomic E-state index is 9.98. The summed E-state index contributed by atoms with van der Waals surface area (Å²) in [6, 6.07) is 0. The van der Waals surface area contributed by atoms with E-state index < -0.39 is 0 Å². The van der Waals surface area contributed by atoms with Gasteiger partial charge in [-0.1, -0.05) is 44.8 Å². The lowest BCUT2D eigenvalue weighted by Crippen LogP contribution is -1.76. The molecule has 0 saturated carbocycles. The van der Waals surface area contributed by atoms with Gasteiger partial charge in [0.05, 0.1) is 0 Å². The van der Waals surface area contributed by atoms with Crippen LogP contribution in [0.25, 0.3) is 0 Å². The van der Waals surface area contributed by atoms with Crippen molar-refractivity contribution in [1.29, 1.82) is 0 Å². The molecule has 0 aromatic rings. The van der Waals surface area contributed by atoms with Crippen LogP contribution >= 0.6 is 0 Å². The van der Waals surface area contributed by atoms with E-state index in [2.05, 4.69) is 19.1 Å². The molecule has 76 valence electrons. The molecule has 1 nitrogen and oxygen atoms in total. The van der Waals surface area contributed by atoms with Crippen LogP contribution in [0.5, 0.6) is 0 Å². The summed E-state index contributed by atoms with van der Waals surface area (Å²) in [6.07, 6.45) is 14.8. The van der Waals surface area contributed by atoms with Gasteiger partial charge in [-0.15, -0.1) is 0 Å². The topological polar surface area (TPSA) is 17.1 Å². The van der Waals surface area contributed by atoms with Crippen LogP contribution in [0.2, 0.25) is 0 Å². The number of allylic oxidation sites excluding steroid dienone is 2. The van der Waals surface area contributed by atoms with Crippen LogP contribution in [0, 0.1) is 0 Å². The summed E-state index contributed by atoms with van der Waals surface area (Å²) in [4.78, 5) is 9.98. The largest absolute Gasteiger partial charge is 0.303 e. The van der Waals surface area contributed by atoms with E-state index in [1.165, 1.54) is 38.5 Å². The number of hydrogen-bond acceptors (Lipinski definition) is 1. The molecule has 0 bridgehead atoms. The normalized spacial score (nSPS) is 10.8. The second kappa shape index (κ2) is 11.4. The molecule has 0 amide bonds. The van der Waals surface area contributed by atoms with Crippen molar-refractivity contribution in [2.45, 2.75) is 58.3 Å². The minimum absolute atomic E-state index is 0.673. The minimum Gasteiger partial charge on any atom is -0.303 e. The summed E-state index contributed by atoms with van der Waals surface area (Å²) in [6.45, 7) is 2.24. The number of aldehydes is 1. The van der Waals surface area contributed by atoms with Gasteiger partial charge in [0.2, 0.25) is 0 Å². The van der Waals surface area contributed by atoms with E-state index in [1.54, 1.807) is 0 Å². The summed E-state index contributed by atoms with van der Waals surface area (Å²) in [5.74, 6) is 0. The van der Waals surface area contributed by atoms with Crippen molar-refractivity contribution in [3.63, 3.8) is 0 Å². The maximum atomic E-state index is 9.98. The summed E-state index contributed by atoms with van der Waals surface area (Å²) in [7, 11) is 0. The van der Waals surface area contributed by atoms with Gasteiger partial charge in [0, 0.05) is 6.42 Å². The molecule has 0 fully saturated rings. The number of carbonyl (C=O) groups is 1. The molecule has 0 aromatic carbocycles. The van der Waals surface area contributed by atoms with Crippen molar-refractivity contribution >= 4 is 6.29 Å². The van der Waals surface area contributed by atoms with E-state index in [4.69, 9.17) is 0 Å². The van der Waals surface area contributed by atoms with Gasteiger partial charge < -0.3 is 4.79 Å². The van der Waals surface area contributed by atoms with Gasteiger partial charge in [0.25, 0.3) is 0 Å². The highest BCUT2D eigenvalue weighted by atomic mass is 16.1. The van der Waals surface area contributed by atoms with Crippen LogP contribution in [0.3, 0.4) is 0 Å². The second-order valence-electron chi connectivity index (χ2n) is 3.42. The first kappa shape index (κ1) is 12.4. The zero-order valence-electron chi connectivity index (χ0n) is 8.80. The highest BCUT2D eigenvalue weighted by Crippen LogP contribution is 2.05. The summed E-state index contributed by atoms with van der Waals surface area (Å²) in [5, 5.41) is 0. The Labute approximate surface area is 82.2 Å². The van der Waals surface area contributed by atoms with Crippen LogP contribution in [-0.2, 0) is 4.79 Å². The number of rotatable bonds is 9. The first-order valence-corrected chi connectivity index (χ1v) is 5.50. The van der Waals surface area contributed by atoms with Gasteiger partial charge in [-0.25, -0.2) is 0 Å². The highest BCUT2D eigenvalue weighted by Gasteiger charge is 1.86. The molecule has 0 atom stereocenters. The van der Waals surface area contributed by atoms with E-state index in [9.17, 15) is 4.79 Å². The average molecular weight is 182 g/mol. The lowest BCUT2D eigenvalue weighted by Gasteiger charge is -1.95. The quantitative estimate of drug-likeness (QED) is 0.300. The third-order valence-electron chi connectivity index (χ3n) is 2.09. The second-order valence-corrected chi connectivity index (χ2v) is 3.42. The molecule has 0 unspecified atom stereocenters. The molecule has 1 heteroatoms. The van der Waals surface area contributed by atoms with E-state index >= 15 is 0 Å². The minimum atomic E-state index is 0.673. The van der Waals surface area contributed by atoms with Gasteiger partial charge in [-0.05, 0) is 19.3 Å². The Bertz CT molecular complexity index is 127. The smallest absolute Gasteiger partial charge is 0.120 e. The molecular weight excluding hydrogens is 160 g/mol. The predicted octanol–water partition coefficient (Wildman–Crippen LogP) is 3.88. The molecule has 0 saturated heterocycles. The summed E-state index contributed by atoms with van der Waals surface area (Å²) >= 11 is 0. The lowest BCUT2D eigenvalue weighted by atomic mass is 10.1. The predicted molar refractivity (Wildman–Crippen MR) is 57.8 cm³/mol. The molecule has 13 heavy (non-hydrogen) atoms. The zero-order valence-corrected chi connectivity index (χ0v) is 8.80. The molecule has 0 aliphatic rings. The molecule has 0 aromatic heterocycles. The van der Waals surface area contributed by atoms with E-state index in [0.717, 1.165) is 12.7 Å². The van der Waals surface area contributed by atoms with Gasteiger partial charge in [-0.3, -0.25) is 0 Å². The fourth-order valence-electron chi connectivity index (χ4n) is 1.27. The highest BCUT2D eigenvalue weighted by molar-refractivity contribution is 5.49. The maximum Gasteiger partial charge on any atom is 0.120 e. The standard InChI is InChI=1S/C12H22O/c1-2-3-4-5-6-7-8-9-10-11-12-13/h8-9,12H,2-7,10-11H2,1H3. The van der Waals surface area contributed by atoms with Crippen molar-refractivity contribution in [2.75, 3.05) is 0 Å². The van der Waals surface area contributed by atoms with Crippen LogP contribution in [0.1, 0.15) is 58.3 Å². The number of hydrogen-bond donors (Lipinski definition) is 0.